The van der Waals surface area contributed by atoms with Crippen LogP contribution in [0.3, 0.4) is 0 Å². The number of fused-ring (bicyclic) bond motifs is 1. The highest BCUT2D eigenvalue weighted by Gasteiger charge is 2.16. The number of hydrogen-bond acceptors (Lipinski definition) is 5. The third-order valence-corrected chi connectivity index (χ3v) is 4.37. The molecule has 9 heteroatoms. The van der Waals surface area contributed by atoms with E-state index in [1.807, 2.05) is 25.1 Å². The lowest BCUT2D eigenvalue weighted by Gasteiger charge is -2.22. The maximum Gasteiger partial charge on any atom is 0.271 e. The number of nitro benzene ring substituents is 1. The molecule has 3 rings (SSSR count). The van der Waals surface area contributed by atoms with Crippen molar-refractivity contribution in [3.05, 3.63) is 57.1 Å². The van der Waals surface area contributed by atoms with Crippen molar-refractivity contribution in [3.8, 4) is 11.5 Å². The van der Waals surface area contributed by atoms with Crippen LogP contribution in [0.15, 0.2) is 36.4 Å². The van der Waals surface area contributed by atoms with Gasteiger partial charge in [0.25, 0.3) is 5.69 Å². The number of halogens is 1. The maximum atomic E-state index is 10.9. The van der Waals surface area contributed by atoms with Gasteiger partial charge >= 0.3 is 0 Å². The summed E-state index contributed by atoms with van der Waals surface area (Å²) >= 11 is 11.4. The van der Waals surface area contributed by atoms with Gasteiger partial charge in [0.2, 0.25) is 0 Å². The van der Waals surface area contributed by atoms with E-state index < -0.39 is 4.92 Å². The summed E-state index contributed by atoms with van der Waals surface area (Å²) in [6.45, 7) is 3.00. The van der Waals surface area contributed by atoms with Gasteiger partial charge in [-0.1, -0.05) is 17.7 Å². The lowest BCUT2D eigenvalue weighted by Crippen LogP contribution is -2.31. The van der Waals surface area contributed by atoms with Gasteiger partial charge in [-0.2, -0.15) is 0 Å². The van der Waals surface area contributed by atoms with Gasteiger partial charge in [-0.25, -0.2) is 0 Å². The van der Waals surface area contributed by atoms with Crippen molar-refractivity contribution < 1.29 is 14.4 Å². The molecule has 0 radical (unpaired) electrons. The topological polar surface area (TPSA) is 85.7 Å². The Kier molecular flexibility index (Phi) is 5.43. The van der Waals surface area contributed by atoms with Crippen LogP contribution in [0.5, 0.6) is 11.5 Å². The number of rotatable bonds is 4. The lowest BCUT2D eigenvalue weighted by atomic mass is 10.1. The molecule has 0 bridgehead atoms. The molecule has 0 fully saturated rings. The van der Waals surface area contributed by atoms with Crippen molar-refractivity contribution in [2.75, 3.05) is 18.5 Å². The Labute approximate surface area is 160 Å². The first kappa shape index (κ1) is 18.2. The molecule has 0 aliphatic carbocycles. The molecule has 0 unspecified atom stereocenters. The van der Waals surface area contributed by atoms with Gasteiger partial charge in [0, 0.05) is 12.1 Å². The molecule has 2 N–H and O–H groups in total. The summed E-state index contributed by atoms with van der Waals surface area (Å²) in [5, 5.41) is 17.6. The SMILES string of the molecule is C[C@H](NC(=S)Nc1cc([N+](=O)[O-])ccc1Cl)c1ccc2c(c1)OCCO2. The number of ether oxygens (including phenoxy) is 2. The number of nitrogens with one attached hydrogen (secondary N) is 2. The van der Waals surface area contributed by atoms with E-state index in [-0.39, 0.29) is 11.7 Å². The molecule has 2 aromatic rings. The molecule has 0 spiro atoms. The van der Waals surface area contributed by atoms with Gasteiger partial charge < -0.3 is 20.1 Å². The predicted octanol–water partition coefficient (Wildman–Crippen LogP) is 4.07. The Morgan fingerprint density at radius 2 is 1.96 bits per heavy atom. The third-order valence-electron chi connectivity index (χ3n) is 3.82. The zero-order valence-electron chi connectivity index (χ0n) is 13.8. The van der Waals surface area contributed by atoms with E-state index in [4.69, 9.17) is 33.3 Å². The van der Waals surface area contributed by atoms with Gasteiger partial charge in [-0.15, -0.1) is 0 Å². The highest BCUT2D eigenvalue weighted by Crippen LogP contribution is 2.32. The number of hydrogen-bond donors (Lipinski definition) is 2. The molecular weight excluding hydrogens is 378 g/mol. The highest BCUT2D eigenvalue weighted by molar-refractivity contribution is 7.80. The van der Waals surface area contributed by atoms with Crippen LogP contribution >= 0.6 is 23.8 Å². The molecule has 2 aromatic carbocycles. The van der Waals surface area contributed by atoms with Crippen LogP contribution in [0, 0.1) is 10.1 Å². The van der Waals surface area contributed by atoms with E-state index in [1.165, 1.54) is 18.2 Å². The van der Waals surface area contributed by atoms with E-state index in [2.05, 4.69) is 10.6 Å². The summed E-state index contributed by atoms with van der Waals surface area (Å²) in [4.78, 5) is 10.4. The summed E-state index contributed by atoms with van der Waals surface area (Å²) in [6.07, 6.45) is 0. The van der Waals surface area contributed by atoms with Gasteiger partial charge in [0.15, 0.2) is 16.6 Å². The van der Waals surface area contributed by atoms with Crippen LogP contribution in [0.1, 0.15) is 18.5 Å². The molecule has 0 aromatic heterocycles. The van der Waals surface area contributed by atoms with Crippen LogP contribution in [0.2, 0.25) is 5.02 Å². The van der Waals surface area contributed by atoms with Crippen molar-refractivity contribution >= 4 is 40.3 Å². The van der Waals surface area contributed by atoms with Crippen molar-refractivity contribution in [2.24, 2.45) is 0 Å². The maximum absolute atomic E-state index is 10.9. The van der Waals surface area contributed by atoms with Gasteiger partial charge in [0.1, 0.15) is 13.2 Å². The Morgan fingerprint density at radius 3 is 2.69 bits per heavy atom. The highest BCUT2D eigenvalue weighted by atomic mass is 35.5. The predicted molar refractivity (Wildman–Crippen MR) is 103 cm³/mol. The second kappa shape index (κ2) is 7.76. The summed E-state index contributed by atoms with van der Waals surface area (Å²) in [6, 6.07) is 9.68. The molecule has 7 nitrogen and oxygen atoms in total. The van der Waals surface area contributed by atoms with Gasteiger partial charge in [-0.05, 0) is 42.9 Å². The Hall–Kier alpha value is -2.58. The number of thiocarbonyl (C=S) groups is 1. The summed E-state index contributed by atoms with van der Waals surface area (Å²) in [7, 11) is 0. The van der Waals surface area contributed by atoms with Crippen LogP contribution < -0.4 is 20.1 Å². The number of nitro groups is 1. The molecular formula is C17H16ClN3O4S. The minimum Gasteiger partial charge on any atom is -0.486 e. The van der Waals surface area contributed by atoms with E-state index in [9.17, 15) is 10.1 Å². The van der Waals surface area contributed by atoms with Crippen molar-refractivity contribution in [2.45, 2.75) is 13.0 Å². The van der Waals surface area contributed by atoms with Crippen LogP contribution in [-0.2, 0) is 0 Å². The minimum absolute atomic E-state index is 0.0698. The van der Waals surface area contributed by atoms with E-state index >= 15 is 0 Å². The summed E-state index contributed by atoms with van der Waals surface area (Å²) < 4.78 is 11.1. The molecule has 26 heavy (non-hydrogen) atoms. The summed E-state index contributed by atoms with van der Waals surface area (Å²) in [5.41, 5.74) is 1.26. The van der Waals surface area contributed by atoms with E-state index in [1.54, 1.807) is 0 Å². The number of non-ortho nitro benzene ring substituents is 1. The first-order chi connectivity index (χ1) is 12.4. The minimum atomic E-state index is -0.490. The van der Waals surface area contributed by atoms with Gasteiger partial charge in [0.05, 0.1) is 21.7 Å². The molecule has 1 aliphatic rings. The Bertz CT molecular complexity index is 862. The van der Waals surface area contributed by atoms with Crippen molar-refractivity contribution in [1.29, 1.82) is 0 Å². The largest absolute Gasteiger partial charge is 0.486 e. The first-order valence-corrected chi connectivity index (χ1v) is 8.63. The smallest absolute Gasteiger partial charge is 0.271 e. The zero-order valence-corrected chi connectivity index (χ0v) is 15.4. The molecule has 0 saturated heterocycles. The molecule has 136 valence electrons. The summed E-state index contributed by atoms with van der Waals surface area (Å²) in [5.74, 6) is 1.42. The fourth-order valence-electron chi connectivity index (χ4n) is 2.49. The first-order valence-electron chi connectivity index (χ1n) is 7.85. The Morgan fingerprint density at radius 1 is 1.23 bits per heavy atom. The monoisotopic (exact) mass is 393 g/mol. The fourth-order valence-corrected chi connectivity index (χ4v) is 2.94. The second-order valence-electron chi connectivity index (χ2n) is 5.64. The molecule has 1 heterocycles. The zero-order chi connectivity index (χ0) is 18.7. The molecule has 1 aliphatic heterocycles. The second-order valence-corrected chi connectivity index (χ2v) is 6.46. The average molecular weight is 394 g/mol. The van der Waals surface area contributed by atoms with Gasteiger partial charge in [-0.3, -0.25) is 10.1 Å². The Balaban J connectivity index is 1.68. The molecule has 1 atom stereocenters. The van der Waals surface area contributed by atoms with Crippen LogP contribution in [-0.4, -0.2) is 23.2 Å². The number of benzene rings is 2. The average Bonchev–Trinajstić information content (AvgIpc) is 2.62. The van der Waals surface area contributed by atoms with E-state index in [0.29, 0.717) is 34.8 Å². The van der Waals surface area contributed by atoms with Crippen LogP contribution in [0.4, 0.5) is 11.4 Å². The number of anilines is 1. The molecule has 0 amide bonds. The quantitative estimate of drug-likeness (QED) is 0.460. The van der Waals surface area contributed by atoms with E-state index in [0.717, 1.165) is 11.3 Å². The normalized spacial score (nSPS) is 13.6. The fraction of sp³-hybridized carbons (Fsp3) is 0.235. The lowest BCUT2D eigenvalue weighted by molar-refractivity contribution is -0.384. The number of nitrogens with zero attached hydrogens (tertiary/aromatic N) is 1. The third kappa shape index (κ3) is 4.14. The van der Waals surface area contributed by atoms with Crippen molar-refractivity contribution in [3.63, 3.8) is 0 Å². The van der Waals surface area contributed by atoms with Crippen LogP contribution in [0.25, 0.3) is 0 Å². The van der Waals surface area contributed by atoms with Crippen molar-refractivity contribution in [1.82, 2.24) is 5.32 Å². The standard InChI is InChI=1S/C17H16ClN3O4S/c1-10(11-2-5-15-16(8-11)25-7-6-24-15)19-17(26)20-14-9-12(21(22)23)3-4-13(14)18/h2-5,8-10H,6-7H2,1H3,(H2,19,20,26)/t10-/m0/s1. The molecule has 0 saturated carbocycles.